The number of amides is 1. The molecule has 1 aliphatic heterocycles. The Balaban J connectivity index is 1.80. The molecule has 3 heteroatoms. The number of nitrogens with one attached hydrogen (secondary N) is 2. The first kappa shape index (κ1) is 15.0. The van der Waals surface area contributed by atoms with Crippen molar-refractivity contribution in [3.05, 3.63) is 29.8 Å². The van der Waals surface area contributed by atoms with Crippen molar-refractivity contribution >= 4 is 11.6 Å². The molecule has 0 radical (unpaired) electrons. The number of piperidine rings is 1. The van der Waals surface area contributed by atoms with Crippen molar-refractivity contribution < 1.29 is 4.79 Å². The molecule has 2 rings (SSSR count). The van der Waals surface area contributed by atoms with Gasteiger partial charge in [-0.25, -0.2) is 0 Å². The first-order valence-corrected chi connectivity index (χ1v) is 7.75. The van der Waals surface area contributed by atoms with Crippen LogP contribution in [0, 0.1) is 5.92 Å². The molecule has 0 unspecified atom stereocenters. The molecule has 1 aromatic carbocycles. The third-order valence-electron chi connectivity index (χ3n) is 4.08. The van der Waals surface area contributed by atoms with Gasteiger partial charge in [0.1, 0.15) is 0 Å². The number of benzene rings is 1. The second-order valence-corrected chi connectivity index (χ2v) is 6.06. The van der Waals surface area contributed by atoms with E-state index < -0.39 is 0 Å². The molecule has 20 heavy (non-hydrogen) atoms. The molecule has 0 spiro atoms. The number of rotatable bonds is 5. The molecule has 1 amide bonds. The van der Waals surface area contributed by atoms with E-state index in [2.05, 4.69) is 36.6 Å². The van der Waals surface area contributed by atoms with Gasteiger partial charge in [0.05, 0.1) is 0 Å². The van der Waals surface area contributed by atoms with E-state index in [-0.39, 0.29) is 5.91 Å². The van der Waals surface area contributed by atoms with Crippen LogP contribution in [0.2, 0.25) is 0 Å². The summed E-state index contributed by atoms with van der Waals surface area (Å²) in [7, 11) is 0. The zero-order chi connectivity index (χ0) is 14.4. The Hall–Kier alpha value is -1.35. The lowest BCUT2D eigenvalue weighted by Gasteiger charge is -2.22. The summed E-state index contributed by atoms with van der Waals surface area (Å²) in [5.74, 6) is 1.34. The summed E-state index contributed by atoms with van der Waals surface area (Å²) in [5.41, 5.74) is 2.19. The third-order valence-corrected chi connectivity index (χ3v) is 4.08. The van der Waals surface area contributed by atoms with Crippen LogP contribution in [-0.2, 0) is 4.79 Å². The van der Waals surface area contributed by atoms with Gasteiger partial charge in [0, 0.05) is 12.1 Å². The highest BCUT2D eigenvalue weighted by atomic mass is 16.1. The average molecular weight is 274 g/mol. The van der Waals surface area contributed by atoms with Gasteiger partial charge < -0.3 is 10.6 Å². The summed E-state index contributed by atoms with van der Waals surface area (Å²) in [6.07, 6.45) is 4.06. The molecule has 0 bridgehead atoms. The molecule has 1 aliphatic rings. The molecule has 2 N–H and O–H groups in total. The van der Waals surface area contributed by atoms with E-state index in [9.17, 15) is 4.79 Å². The van der Waals surface area contributed by atoms with Crippen LogP contribution in [0.3, 0.4) is 0 Å². The minimum atomic E-state index is 0.143. The highest BCUT2D eigenvalue weighted by molar-refractivity contribution is 5.90. The molecule has 0 aromatic heterocycles. The highest BCUT2D eigenvalue weighted by Crippen LogP contribution is 2.20. The number of hydrogen-bond acceptors (Lipinski definition) is 2. The average Bonchev–Trinajstić information content (AvgIpc) is 2.46. The van der Waals surface area contributed by atoms with E-state index in [1.54, 1.807) is 0 Å². The maximum atomic E-state index is 12.0. The number of carbonyl (C=O) groups is 1. The lowest BCUT2D eigenvalue weighted by molar-refractivity contribution is -0.116. The second-order valence-electron chi connectivity index (χ2n) is 6.06. The Morgan fingerprint density at radius 3 is 2.80 bits per heavy atom. The number of hydrogen-bond donors (Lipinski definition) is 2. The van der Waals surface area contributed by atoms with Crippen molar-refractivity contribution in [3.63, 3.8) is 0 Å². The Bertz CT molecular complexity index is 436. The summed E-state index contributed by atoms with van der Waals surface area (Å²) >= 11 is 0. The lowest BCUT2D eigenvalue weighted by atomic mass is 9.93. The lowest BCUT2D eigenvalue weighted by Crippen LogP contribution is -2.28. The Morgan fingerprint density at radius 1 is 1.35 bits per heavy atom. The van der Waals surface area contributed by atoms with Crippen LogP contribution in [0.5, 0.6) is 0 Å². The standard InChI is InChI=1S/C17H26N2O/c1-13(2)15-4-3-5-16(12-15)19-17(20)7-6-14-8-10-18-11-9-14/h3-5,12-14,18H,6-11H2,1-2H3,(H,19,20). The predicted octanol–water partition coefficient (Wildman–Crippen LogP) is 3.53. The molecule has 1 aromatic rings. The summed E-state index contributed by atoms with van der Waals surface area (Å²) in [6, 6.07) is 8.16. The van der Waals surface area contributed by atoms with E-state index in [1.807, 2.05) is 12.1 Å². The molecule has 1 saturated heterocycles. The second kappa shape index (κ2) is 7.44. The first-order chi connectivity index (χ1) is 9.65. The van der Waals surface area contributed by atoms with Crippen molar-refractivity contribution in [2.45, 2.75) is 45.4 Å². The van der Waals surface area contributed by atoms with Crippen molar-refractivity contribution in [1.29, 1.82) is 0 Å². The smallest absolute Gasteiger partial charge is 0.224 e. The van der Waals surface area contributed by atoms with Gasteiger partial charge in [-0.3, -0.25) is 4.79 Å². The van der Waals surface area contributed by atoms with E-state index in [1.165, 1.54) is 18.4 Å². The zero-order valence-corrected chi connectivity index (χ0v) is 12.6. The van der Waals surface area contributed by atoms with Crippen molar-refractivity contribution in [3.8, 4) is 0 Å². The largest absolute Gasteiger partial charge is 0.326 e. The van der Waals surface area contributed by atoms with Crippen LogP contribution in [0.15, 0.2) is 24.3 Å². The van der Waals surface area contributed by atoms with Gasteiger partial charge in [0.15, 0.2) is 0 Å². The molecular weight excluding hydrogens is 248 g/mol. The molecular formula is C17H26N2O. The van der Waals surface area contributed by atoms with Gasteiger partial charge in [-0.1, -0.05) is 26.0 Å². The molecule has 110 valence electrons. The van der Waals surface area contributed by atoms with Gasteiger partial charge in [-0.2, -0.15) is 0 Å². The van der Waals surface area contributed by atoms with Crippen LogP contribution in [0.4, 0.5) is 5.69 Å². The quantitative estimate of drug-likeness (QED) is 0.862. The number of anilines is 1. The summed E-state index contributed by atoms with van der Waals surface area (Å²) < 4.78 is 0. The normalized spacial score (nSPS) is 16.4. The van der Waals surface area contributed by atoms with Gasteiger partial charge >= 0.3 is 0 Å². The van der Waals surface area contributed by atoms with E-state index in [0.29, 0.717) is 18.3 Å². The molecule has 0 saturated carbocycles. The van der Waals surface area contributed by atoms with Crippen LogP contribution in [0.25, 0.3) is 0 Å². The molecule has 3 nitrogen and oxygen atoms in total. The third kappa shape index (κ3) is 4.64. The molecule has 1 heterocycles. The monoisotopic (exact) mass is 274 g/mol. The Kier molecular flexibility index (Phi) is 5.60. The maximum Gasteiger partial charge on any atom is 0.224 e. The van der Waals surface area contributed by atoms with Gasteiger partial charge in [0.2, 0.25) is 5.91 Å². The topological polar surface area (TPSA) is 41.1 Å². The Morgan fingerprint density at radius 2 is 2.10 bits per heavy atom. The fraction of sp³-hybridized carbons (Fsp3) is 0.588. The van der Waals surface area contributed by atoms with Gasteiger partial charge in [-0.05, 0) is 61.9 Å². The number of carbonyl (C=O) groups excluding carboxylic acids is 1. The predicted molar refractivity (Wildman–Crippen MR) is 84.0 cm³/mol. The van der Waals surface area contributed by atoms with E-state index in [0.717, 1.165) is 25.2 Å². The molecule has 0 aliphatic carbocycles. The first-order valence-electron chi connectivity index (χ1n) is 7.75. The minimum Gasteiger partial charge on any atom is -0.326 e. The van der Waals surface area contributed by atoms with Crippen molar-refractivity contribution in [2.24, 2.45) is 5.92 Å². The van der Waals surface area contributed by atoms with Crippen molar-refractivity contribution in [1.82, 2.24) is 5.32 Å². The van der Waals surface area contributed by atoms with E-state index in [4.69, 9.17) is 0 Å². The van der Waals surface area contributed by atoms with Crippen LogP contribution in [-0.4, -0.2) is 19.0 Å². The van der Waals surface area contributed by atoms with Crippen LogP contribution < -0.4 is 10.6 Å². The summed E-state index contributed by atoms with van der Waals surface area (Å²) in [5, 5.41) is 6.38. The Labute approximate surface area is 122 Å². The highest BCUT2D eigenvalue weighted by Gasteiger charge is 2.14. The van der Waals surface area contributed by atoms with Gasteiger partial charge in [0.25, 0.3) is 0 Å². The van der Waals surface area contributed by atoms with Gasteiger partial charge in [-0.15, -0.1) is 0 Å². The summed E-state index contributed by atoms with van der Waals surface area (Å²) in [4.78, 5) is 12.0. The zero-order valence-electron chi connectivity index (χ0n) is 12.6. The fourth-order valence-electron chi connectivity index (χ4n) is 2.70. The SMILES string of the molecule is CC(C)c1cccc(NC(=O)CCC2CCNCC2)c1. The fourth-order valence-corrected chi connectivity index (χ4v) is 2.70. The maximum absolute atomic E-state index is 12.0. The molecule has 1 fully saturated rings. The summed E-state index contributed by atoms with van der Waals surface area (Å²) in [6.45, 7) is 6.53. The van der Waals surface area contributed by atoms with Crippen LogP contribution in [0.1, 0.15) is 51.0 Å². The molecule has 0 atom stereocenters. The minimum absolute atomic E-state index is 0.143. The van der Waals surface area contributed by atoms with Crippen LogP contribution >= 0.6 is 0 Å². The van der Waals surface area contributed by atoms with Crippen molar-refractivity contribution in [2.75, 3.05) is 18.4 Å². The van der Waals surface area contributed by atoms with E-state index >= 15 is 0 Å².